The van der Waals surface area contributed by atoms with Crippen LogP contribution in [0.15, 0.2) is 35.0 Å². The Labute approximate surface area is 114 Å². The number of benzene rings is 1. The second kappa shape index (κ2) is 4.63. The Morgan fingerprint density at radius 3 is 3.00 bits per heavy atom. The lowest BCUT2D eigenvalue weighted by atomic mass is 10.2. The zero-order valence-corrected chi connectivity index (χ0v) is 11.2. The molecule has 92 valence electrons. The molecule has 18 heavy (non-hydrogen) atoms. The SMILES string of the molecule is Nc1nc2cc(Cl)ccc2n1CCc1ccsc1. The predicted molar refractivity (Wildman–Crippen MR) is 77.2 cm³/mol. The summed E-state index contributed by atoms with van der Waals surface area (Å²) in [5.41, 5.74) is 9.17. The van der Waals surface area contributed by atoms with E-state index in [0.29, 0.717) is 11.0 Å². The van der Waals surface area contributed by atoms with Crippen molar-refractivity contribution in [3.63, 3.8) is 0 Å². The number of rotatable bonds is 3. The Kier molecular flexibility index (Phi) is 2.97. The number of aryl methyl sites for hydroxylation is 2. The summed E-state index contributed by atoms with van der Waals surface area (Å²) in [7, 11) is 0. The van der Waals surface area contributed by atoms with Crippen LogP contribution >= 0.6 is 22.9 Å². The fraction of sp³-hybridized carbons (Fsp3) is 0.154. The van der Waals surface area contributed by atoms with E-state index in [1.807, 2.05) is 22.8 Å². The van der Waals surface area contributed by atoms with Gasteiger partial charge < -0.3 is 10.3 Å². The average molecular weight is 278 g/mol. The Morgan fingerprint density at radius 2 is 2.22 bits per heavy atom. The van der Waals surface area contributed by atoms with E-state index in [4.69, 9.17) is 17.3 Å². The van der Waals surface area contributed by atoms with Crippen LogP contribution in [0.1, 0.15) is 5.56 Å². The summed E-state index contributed by atoms with van der Waals surface area (Å²) in [6.45, 7) is 0.834. The van der Waals surface area contributed by atoms with Gasteiger partial charge in [-0.3, -0.25) is 0 Å². The first-order valence-electron chi connectivity index (χ1n) is 5.66. The highest BCUT2D eigenvalue weighted by atomic mass is 35.5. The maximum Gasteiger partial charge on any atom is 0.201 e. The number of nitrogen functional groups attached to an aromatic ring is 1. The number of imidazole rings is 1. The summed E-state index contributed by atoms with van der Waals surface area (Å²) in [6, 6.07) is 7.81. The van der Waals surface area contributed by atoms with Crippen LogP contribution in [0.3, 0.4) is 0 Å². The Balaban J connectivity index is 1.93. The lowest BCUT2D eigenvalue weighted by Gasteiger charge is -2.05. The Morgan fingerprint density at radius 1 is 1.33 bits per heavy atom. The molecule has 0 amide bonds. The van der Waals surface area contributed by atoms with Gasteiger partial charge in [0.1, 0.15) is 0 Å². The summed E-state index contributed by atoms with van der Waals surface area (Å²) >= 11 is 7.66. The van der Waals surface area contributed by atoms with E-state index in [2.05, 4.69) is 21.8 Å². The molecule has 5 heteroatoms. The van der Waals surface area contributed by atoms with Gasteiger partial charge in [-0.25, -0.2) is 4.98 Å². The van der Waals surface area contributed by atoms with Crippen molar-refractivity contribution in [2.45, 2.75) is 13.0 Å². The molecule has 0 radical (unpaired) electrons. The number of fused-ring (bicyclic) bond motifs is 1. The normalized spacial score (nSPS) is 11.2. The molecule has 0 aliphatic heterocycles. The van der Waals surface area contributed by atoms with Crippen molar-refractivity contribution in [2.24, 2.45) is 0 Å². The first-order chi connectivity index (χ1) is 8.74. The van der Waals surface area contributed by atoms with Crippen LogP contribution in [0.4, 0.5) is 5.95 Å². The third-order valence-corrected chi connectivity index (χ3v) is 3.91. The van der Waals surface area contributed by atoms with Crippen LogP contribution in [0.5, 0.6) is 0 Å². The first kappa shape index (κ1) is 11.6. The standard InChI is InChI=1S/C13H12ClN3S/c14-10-1-2-12-11(7-10)16-13(15)17(12)5-3-9-4-6-18-8-9/h1-2,4,6-8H,3,5H2,(H2,15,16). The van der Waals surface area contributed by atoms with Crippen molar-refractivity contribution < 1.29 is 0 Å². The van der Waals surface area contributed by atoms with Gasteiger partial charge in [0.2, 0.25) is 5.95 Å². The van der Waals surface area contributed by atoms with Crippen molar-refractivity contribution in [1.29, 1.82) is 0 Å². The van der Waals surface area contributed by atoms with Gasteiger partial charge in [0, 0.05) is 11.6 Å². The van der Waals surface area contributed by atoms with Gasteiger partial charge in [0.05, 0.1) is 11.0 Å². The second-order valence-corrected chi connectivity index (χ2v) is 5.35. The molecule has 3 nitrogen and oxygen atoms in total. The zero-order valence-electron chi connectivity index (χ0n) is 9.64. The summed E-state index contributed by atoms with van der Waals surface area (Å²) in [6.07, 6.45) is 0.960. The van der Waals surface area contributed by atoms with Crippen LogP contribution < -0.4 is 5.73 Å². The van der Waals surface area contributed by atoms with Crippen LogP contribution in [0.2, 0.25) is 5.02 Å². The fourth-order valence-electron chi connectivity index (χ4n) is 2.03. The van der Waals surface area contributed by atoms with Gasteiger partial charge in [-0.2, -0.15) is 11.3 Å². The van der Waals surface area contributed by atoms with Crippen molar-refractivity contribution in [3.05, 3.63) is 45.6 Å². The lowest BCUT2D eigenvalue weighted by molar-refractivity contribution is 0.727. The average Bonchev–Trinajstić information content (AvgIpc) is 2.93. The Bertz CT molecular complexity index is 673. The highest BCUT2D eigenvalue weighted by Crippen LogP contribution is 2.22. The molecule has 0 atom stereocenters. The summed E-state index contributed by atoms with van der Waals surface area (Å²) in [5.74, 6) is 0.544. The minimum Gasteiger partial charge on any atom is -0.369 e. The molecule has 0 saturated carbocycles. The second-order valence-electron chi connectivity index (χ2n) is 4.14. The van der Waals surface area contributed by atoms with E-state index in [0.717, 1.165) is 24.0 Å². The monoisotopic (exact) mass is 277 g/mol. The minimum atomic E-state index is 0.544. The smallest absolute Gasteiger partial charge is 0.201 e. The van der Waals surface area contributed by atoms with E-state index in [-0.39, 0.29) is 0 Å². The van der Waals surface area contributed by atoms with Gasteiger partial charge in [-0.15, -0.1) is 0 Å². The van der Waals surface area contributed by atoms with Gasteiger partial charge >= 0.3 is 0 Å². The first-order valence-corrected chi connectivity index (χ1v) is 6.98. The van der Waals surface area contributed by atoms with Crippen LogP contribution in [-0.2, 0) is 13.0 Å². The summed E-state index contributed by atoms with van der Waals surface area (Å²) in [5, 5.41) is 4.93. The molecule has 2 heterocycles. The molecule has 0 aliphatic carbocycles. The van der Waals surface area contributed by atoms with E-state index in [1.165, 1.54) is 5.56 Å². The third-order valence-electron chi connectivity index (χ3n) is 2.94. The van der Waals surface area contributed by atoms with Crippen LogP contribution in [0.25, 0.3) is 11.0 Å². The molecule has 3 rings (SSSR count). The lowest BCUT2D eigenvalue weighted by Crippen LogP contribution is -2.05. The van der Waals surface area contributed by atoms with Crippen molar-refractivity contribution in [1.82, 2.24) is 9.55 Å². The van der Waals surface area contributed by atoms with E-state index >= 15 is 0 Å². The molecular formula is C13H12ClN3S. The molecule has 0 unspecified atom stereocenters. The molecule has 0 bridgehead atoms. The van der Waals surface area contributed by atoms with E-state index in [1.54, 1.807) is 11.3 Å². The molecule has 2 N–H and O–H groups in total. The van der Waals surface area contributed by atoms with E-state index in [9.17, 15) is 0 Å². The highest BCUT2D eigenvalue weighted by Gasteiger charge is 2.08. The van der Waals surface area contributed by atoms with Gasteiger partial charge in [-0.1, -0.05) is 11.6 Å². The molecule has 3 aromatic rings. The van der Waals surface area contributed by atoms with Crippen molar-refractivity contribution >= 4 is 39.9 Å². The summed E-state index contributed by atoms with van der Waals surface area (Å²) < 4.78 is 2.03. The molecule has 0 spiro atoms. The third kappa shape index (κ3) is 2.09. The fourth-order valence-corrected chi connectivity index (χ4v) is 2.90. The van der Waals surface area contributed by atoms with Gasteiger partial charge in [0.25, 0.3) is 0 Å². The minimum absolute atomic E-state index is 0.544. The molecule has 0 aliphatic rings. The van der Waals surface area contributed by atoms with Gasteiger partial charge in [-0.05, 0) is 47.0 Å². The molecule has 1 aromatic carbocycles. The number of nitrogens with zero attached hydrogens (tertiary/aromatic N) is 2. The van der Waals surface area contributed by atoms with Crippen LogP contribution in [0, 0.1) is 0 Å². The van der Waals surface area contributed by atoms with Crippen LogP contribution in [-0.4, -0.2) is 9.55 Å². The number of hydrogen-bond donors (Lipinski definition) is 1. The number of anilines is 1. The van der Waals surface area contributed by atoms with Crippen molar-refractivity contribution in [2.75, 3.05) is 5.73 Å². The maximum absolute atomic E-state index is 5.95. The maximum atomic E-state index is 5.95. The topological polar surface area (TPSA) is 43.8 Å². The Hall–Kier alpha value is -1.52. The number of thiophene rings is 1. The molecule has 0 saturated heterocycles. The molecule has 2 aromatic heterocycles. The van der Waals surface area contributed by atoms with Crippen molar-refractivity contribution in [3.8, 4) is 0 Å². The number of nitrogens with two attached hydrogens (primary N) is 1. The molecular weight excluding hydrogens is 266 g/mol. The predicted octanol–water partition coefficient (Wildman–Crippen LogP) is 3.58. The largest absolute Gasteiger partial charge is 0.369 e. The van der Waals surface area contributed by atoms with Gasteiger partial charge in [0.15, 0.2) is 0 Å². The highest BCUT2D eigenvalue weighted by molar-refractivity contribution is 7.07. The molecule has 0 fully saturated rings. The zero-order chi connectivity index (χ0) is 12.5. The number of halogens is 1. The summed E-state index contributed by atoms with van der Waals surface area (Å²) in [4.78, 5) is 4.33. The quantitative estimate of drug-likeness (QED) is 0.795. The van der Waals surface area contributed by atoms with E-state index < -0.39 is 0 Å². The number of hydrogen-bond acceptors (Lipinski definition) is 3. The number of aromatic nitrogens is 2.